The van der Waals surface area contributed by atoms with E-state index in [4.69, 9.17) is 0 Å². The predicted molar refractivity (Wildman–Crippen MR) is 83.0 cm³/mol. The van der Waals surface area contributed by atoms with Crippen molar-refractivity contribution in [2.75, 3.05) is 6.61 Å². The van der Waals surface area contributed by atoms with Crippen molar-refractivity contribution in [3.8, 4) is 0 Å². The molecule has 4 aliphatic rings. The van der Waals surface area contributed by atoms with Gasteiger partial charge in [0.1, 0.15) is 0 Å². The second-order valence-corrected chi connectivity index (χ2v) is 8.39. The van der Waals surface area contributed by atoms with E-state index in [2.05, 4.69) is 13.0 Å². The van der Waals surface area contributed by atoms with E-state index in [1.807, 2.05) is 0 Å². The molecule has 2 nitrogen and oxygen atoms in total. The summed E-state index contributed by atoms with van der Waals surface area (Å²) in [5, 5.41) is 9.92. The van der Waals surface area contributed by atoms with Gasteiger partial charge in [-0.2, -0.15) is 0 Å². The highest BCUT2D eigenvalue weighted by Gasteiger charge is 2.62. The SMILES string of the molecule is C[C@]12CCCCC1=CC[C@H]1[C@@H]3C[C@@H](F)C(=O)[C@@]3(CO)CC[C@@H]12. The van der Waals surface area contributed by atoms with Crippen molar-refractivity contribution in [1.29, 1.82) is 0 Å². The maximum absolute atomic E-state index is 14.2. The summed E-state index contributed by atoms with van der Waals surface area (Å²) in [4.78, 5) is 12.4. The lowest BCUT2D eigenvalue weighted by Crippen LogP contribution is -2.52. The summed E-state index contributed by atoms with van der Waals surface area (Å²) in [6.07, 6.45) is 9.12. The fourth-order valence-corrected chi connectivity index (χ4v) is 6.54. The van der Waals surface area contributed by atoms with Gasteiger partial charge in [0, 0.05) is 0 Å². The van der Waals surface area contributed by atoms with E-state index in [-0.39, 0.29) is 23.7 Å². The lowest BCUT2D eigenvalue weighted by Gasteiger charge is -2.56. The quantitative estimate of drug-likeness (QED) is 0.748. The van der Waals surface area contributed by atoms with Crippen molar-refractivity contribution in [2.24, 2.45) is 28.6 Å². The second kappa shape index (κ2) is 4.90. The number of carbonyl (C=O) groups excluding carboxylic acids is 1. The summed E-state index contributed by atoms with van der Waals surface area (Å²) in [7, 11) is 0. The number of carbonyl (C=O) groups is 1. The number of ketones is 1. The van der Waals surface area contributed by atoms with Crippen LogP contribution < -0.4 is 0 Å². The van der Waals surface area contributed by atoms with E-state index >= 15 is 0 Å². The number of aliphatic hydroxyl groups is 1. The van der Waals surface area contributed by atoms with Gasteiger partial charge in [-0.1, -0.05) is 25.0 Å². The van der Waals surface area contributed by atoms with Crippen LogP contribution in [0.3, 0.4) is 0 Å². The Hall–Kier alpha value is -0.700. The summed E-state index contributed by atoms with van der Waals surface area (Å²) >= 11 is 0. The Morgan fingerprint density at radius 2 is 2.14 bits per heavy atom. The van der Waals surface area contributed by atoms with Gasteiger partial charge >= 0.3 is 0 Å². The van der Waals surface area contributed by atoms with Gasteiger partial charge in [-0.05, 0) is 68.1 Å². The number of hydrogen-bond donors (Lipinski definition) is 1. The third-order valence-corrected chi connectivity index (χ3v) is 7.74. The monoisotopic (exact) mass is 306 g/mol. The van der Waals surface area contributed by atoms with Crippen LogP contribution in [0.5, 0.6) is 0 Å². The molecule has 0 amide bonds. The first-order valence-corrected chi connectivity index (χ1v) is 9.02. The number of halogens is 1. The third kappa shape index (κ3) is 1.72. The van der Waals surface area contributed by atoms with Gasteiger partial charge in [0.05, 0.1) is 12.0 Å². The number of hydrogen-bond acceptors (Lipinski definition) is 2. The standard InChI is InChI=1S/C19H27FO2/c1-18-8-3-2-4-12(18)5-6-13-14(18)7-9-19(11-21)15(13)10-16(20)17(19)22/h5,13-16,21H,2-4,6-11H2,1H3/t13-,14+,15+,16-,18+,19-/m1/s1. The number of alkyl halides is 1. The lowest BCUT2D eigenvalue weighted by molar-refractivity contribution is -0.140. The zero-order chi connectivity index (χ0) is 15.5. The fourth-order valence-electron chi connectivity index (χ4n) is 6.54. The van der Waals surface area contributed by atoms with E-state index in [1.54, 1.807) is 5.57 Å². The molecule has 3 saturated carbocycles. The van der Waals surface area contributed by atoms with Crippen molar-refractivity contribution >= 4 is 5.78 Å². The van der Waals surface area contributed by atoms with E-state index in [1.165, 1.54) is 25.7 Å². The molecule has 0 aromatic heterocycles. The van der Waals surface area contributed by atoms with Crippen LogP contribution in [0.4, 0.5) is 4.39 Å². The Morgan fingerprint density at radius 1 is 1.32 bits per heavy atom. The molecule has 0 saturated heterocycles. The molecule has 3 heteroatoms. The molecular formula is C19H27FO2. The number of fused-ring (bicyclic) bond motifs is 5. The normalized spacial score (nSPS) is 50.9. The fraction of sp³-hybridized carbons (Fsp3) is 0.842. The van der Waals surface area contributed by atoms with Crippen molar-refractivity contribution in [3.05, 3.63) is 11.6 Å². The zero-order valence-electron chi connectivity index (χ0n) is 13.5. The molecule has 0 spiro atoms. The van der Waals surface area contributed by atoms with Crippen LogP contribution in [0.1, 0.15) is 58.3 Å². The maximum atomic E-state index is 14.2. The predicted octanol–water partition coefficient (Wildman–Crippen LogP) is 3.83. The van der Waals surface area contributed by atoms with E-state index < -0.39 is 11.6 Å². The molecular weight excluding hydrogens is 279 g/mol. The first-order chi connectivity index (χ1) is 10.5. The van der Waals surface area contributed by atoms with Gasteiger partial charge in [0.2, 0.25) is 0 Å². The molecule has 22 heavy (non-hydrogen) atoms. The van der Waals surface area contributed by atoms with Crippen LogP contribution in [0.2, 0.25) is 0 Å². The van der Waals surface area contributed by atoms with Crippen LogP contribution in [0.25, 0.3) is 0 Å². The second-order valence-electron chi connectivity index (χ2n) is 8.39. The number of allylic oxidation sites excluding steroid dienone is 2. The average molecular weight is 306 g/mol. The van der Waals surface area contributed by atoms with Crippen molar-refractivity contribution < 1.29 is 14.3 Å². The molecule has 0 aliphatic heterocycles. The minimum absolute atomic E-state index is 0.0512. The summed E-state index contributed by atoms with van der Waals surface area (Å²) in [5.41, 5.74) is 1.12. The van der Waals surface area contributed by atoms with E-state index in [9.17, 15) is 14.3 Å². The minimum atomic E-state index is -1.35. The van der Waals surface area contributed by atoms with Gasteiger partial charge in [0.15, 0.2) is 12.0 Å². The molecule has 0 heterocycles. The highest BCUT2D eigenvalue weighted by atomic mass is 19.1. The third-order valence-electron chi connectivity index (χ3n) is 7.74. The maximum Gasteiger partial charge on any atom is 0.175 e. The molecule has 0 radical (unpaired) electrons. The highest BCUT2D eigenvalue weighted by Crippen LogP contribution is 2.64. The molecule has 4 aliphatic carbocycles. The first-order valence-electron chi connectivity index (χ1n) is 9.02. The van der Waals surface area contributed by atoms with Crippen LogP contribution in [0, 0.1) is 28.6 Å². The van der Waals surface area contributed by atoms with Gasteiger partial charge < -0.3 is 5.11 Å². The molecule has 0 unspecified atom stereocenters. The van der Waals surface area contributed by atoms with E-state index in [0.29, 0.717) is 24.7 Å². The molecule has 4 rings (SSSR count). The summed E-state index contributed by atoms with van der Waals surface area (Å²) in [5.74, 6) is 0.713. The molecule has 0 aromatic carbocycles. The summed E-state index contributed by atoms with van der Waals surface area (Å²) < 4.78 is 14.2. The smallest absolute Gasteiger partial charge is 0.175 e. The van der Waals surface area contributed by atoms with Gasteiger partial charge in [0.25, 0.3) is 0 Å². The molecule has 0 aromatic rings. The molecule has 0 bridgehead atoms. The van der Waals surface area contributed by atoms with Crippen LogP contribution in [0.15, 0.2) is 11.6 Å². The van der Waals surface area contributed by atoms with Crippen LogP contribution in [-0.4, -0.2) is 23.7 Å². The topological polar surface area (TPSA) is 37.3 Å². The van der Waals surface area contributed by atoms with Crippen molar-refractivity contribution in [1.82, 2.24) is 0 Å². The molecule has 1 N–H and O–H groups in total. The summed E-state index contributed by atoms with van der Waals surface area (Å²) in [6.45, 7) is 2.25. The first kappa shape index (κ1) is 14.9. The number of rotatable bonds is 1. The Labute approximate surface area is 132 Å². The summed E-state index contributed by atoms with van der Waals surface area (Å²) in [6, 6.07) is 0. The van der Waals surface area contributed by atoms with Crippen molar-refractivity contribution in [3.63, 3.8) is 0 Å². The largest absolute Gasteiger partial charge is 0.395 e. The Kier molecular flexibility index (Phi) is 3.31. The Balaban J connectivity index is 1.72. The minimum Gasteiger partial charge on any atom is -0.395 e. The average Bonchev–Trinajstić information content (AvgIpc) is 2.79. The Morgan fingerprint density at radius 3 is 2.91 bits per heavy atom. The molecule has 3 fully saturated rings. The lowest BCUT2D eigenvalue weighted by atomic mass is 9.48. The number of aliphatic hydroxyl groups excluding tert-OH is 1. The molecule has 122 valence electrons. The zero-order valence-corrected chi connectivity index (χ0v) is 13.5. The number of Topliss-reactive ketones (excluding diaryl/α,β-unsaturated/α-hetero) is 1. The Bertz CT molecular complexity index is 528. The van der Waals surface area contributed by atoms with Gasteiger partial charge in [-0.25, -0.2) is 4.39 Å². The van der Waals surface area contributed by atoms with Crippen LogP contribution in [-0.2, 0) is 4.79 Å². The van der Waals surface area contributed by atoms with Gasteiger partial charge in [-0.15, -0.1) is 0 Å². The van der Waals surface area contributed by atoms with Gasteiger partial charge in [-0.3, -0.25) is 4.79 Å². The molecule has 6 atom stereocenters. The van der Waals surface area contributed by atoms with Crippen molar-refractivity contribution in [2.45, 2.75) is 64.5 Å². The van der Waals surface area contributed by atoms with E-state index in [0.717, 1.165) is 12.8 Å². The highest BCUT2D eigenvalue weighted by molar-refractivity contribution is 5.91. The van der Waals surface area contributed by atoms with Crippen LogP contribution >= 0.6 is 0 Å².